The van der Waals surface area contributed by atoms with Crippen molar-refractivity contribution >= 4 is 17.3 Å². The number of halogens is 2. The van der Waals surface area contributed by atoms with Crippen LogP contribution >= 0.6 is 0 Å². The van der Waals surface area contributed by atoms with Crippen molar-refractivity contribution in [3.8, 4) is 0 Å². The van der Waals surface area contributed by atoms with Gasteiger partial charge in [-0.2, -0.15) is 0 Å². The molecule has 0 bridgehead atoms. The smallest absolute Gasteiger partial charge is 0.251 e. The van der Waals surface area contributed by atoms with Gasteiger partial charge in [-0.15, -0.1) is 0 Å². The fourth-order valence-electron chi connectivity index (χ4n) is 5.37. The Bertz CT molecular complexity index is 1000. The summed E-state index contributed by atoms with van der Waals surface area (Å²) in [5.41, 5.74) is 15.5. The maximum atomic E-state index is 12.9. The number of amides is 1. The van der Waals surface area contributed by atoms with Crippen LogP contribution < -0.4 is 26.2 Å². The van der Waals surface area contributed by atoms with E-state index < -0.39 is 6.43 Å². The molecule has 0 saturated carbocycles. The van der Waals surface area contributed by atoms with Gasteiger partial charge in [0, 0.05) is 44.3 Å². The minimum atomic E-state index is -2.28. The number of carbonyl (C=O) groups excluding carboxylic acids is 1. The Morgan fingerprint density at radius 3 is 2.29 bits per heavy atom. The molecule has 3 fully saturated rings. The number of para-hydroxylation sites is 1. The topological polar surface area (TPSA) is 62.9 Å². The number of rotatable bonds is 5. The molecule has 5 rings (SSSR count). The van der Waals surface area contributed by atoms with Crippen LogP contribution in [0.4, 0.5) is 20.2 Å². The number of nitrogens with zero attached hydrogens (tertiary/aromatic N) is 3. The van der Waals surface area contributed by atoms with Gasteiger partial charge in [0.05, 0.1) is 24.3 Å². The molecule has 3 aliphatic heterocycles. The highest BCUT2D eigenvalue weighted by molar-refractivity contribution is 5.95. The third-order valence-corrected chi connectivity index (χ3v) is 7.19. The summed E-state index contributed by atoms with van der Waals surface area (Å²) in [4.78, 5) is 17.0. The molecule has 3 atom stereocenters. The van der Waals surface area contributed by atoms with E-state index in [1.54, 1.807) is 5.01 Å². The standard InChI is InChI=1S/C25H32F2N6O/c1-16-4-3-5-17(2)25(16)33-22(34)14-20-24(30-33)23(29-28-20)18-6-8-19(9-7-18)32-12-10-31(11-13-32)15-21(26)27/h3-9,20-21,23-24,28-30H,10-15H2,1-2H3. The van der Waals surface area contributed by atoms with E-state index >= 15 is 0 Å². The van der Waals surface area contributed by atoms with Crippen molar-refractivity contribution in [1.82, 2.24) is 21.2 Å². The van der Waals surface area contributed by atoms with Gasteiger partial charge in [0.15, 0.2) is 0 Å². The predicted molar refractivity (Wildman–Crippen MR) is 129 cm³/mol. The van der Waals surface area contributed by atoms with Gasteiger partial charge in [-0.25, -0.2) is 24.6 Å². The summed E-state index contributed by atoms with van der Waals surface area (Å²) in [5.74, 6) is 0.0509. The van der Waals surface area contributed by atoms with Crippen molar-refractivity contribution in [2.45, 2.75) is 44.8 Å². The second-order valence-corrected chi connectivity index (χ2v) is 9.47. The van der Waals surface area contributed by atoms with E-state index in [9.17, 15) is 13.6 Å². The zero-order valence-corrected chi connectivity index (χ0v) is 19.6. The first-order valence-electron chi connectivity index (χ1n) is 11.9. The molecule has 3 heterocycles. The summed E-state index contributed by atoms with van der Waals surface area (Å²) >= 11 is 0. The van der Waals surface area contributed by atoms with Crippen LogP contribution in [0.1, 0.15) is 29.2 Å². The fraction of sp³-hybridized carbons (Fsp3) is 0.480. The van der Waals surface area contributed by atoms with Crippen molar-refractivity contribution in [2.75, 3.05) is 42.6 Å². The number of hydrogen-bond acceptors (Lipinski definition) is 6. The monoisotopic (exact) mass is 470 g/mol. The first-order valence-corrected chi connectivity index (χ1v) is 11.9. The highest BCUT2D eigenvalue weighted by Crippen LogP contribution is 2.33. The minimum Gasteiger partial charge on any atom is -0.369 e. The Hall–Kier alpha value is -2.59. The number of fused-ring (bicyclic) bond motifs is 1. The Kier molecular flexibility index (Phi) is 6.52. The number of alkyl halides is 2. The molecule has 34 heavy (non-hydrogen) atoms. The lowest BCUT2D eigenvalue weighted by Crippen LogP contribution is -2.60. The number of benzene rings is 2. The molecule has 2 aromatic carbocycles. The quantitative estimate of drug-likeness (QED) is 0.624. The molecule has 182 valence electrons. The van der Waals surface area contributed by atoms with Crippen LogP contribution in [0.25, 0.3) is 0 Å². The van der Waals surface area contributed by atoms with Crippen molar-refractivity contribution in [1.29, 1.82) is 0 Å². The molecule has 1 amide bonds. The van der Waals surface area contributed by atoms with Crippen LogP contribution in [0.3, 0.4) is 0 Å². The van der Waals surface area contributed by atoms with E-state index in [-0.39, 0.29) is 30.6 Å². The van der Waals surface area contributed by atoms with Crippen molar-refractivity contribution in [3.63, 3.8) is 0 Å². The van der Waals surface area contributed by atoms with Gasteiger partial charge in [0.1, 0.15) is 0 Å². The molecule has 9 heteroatoms. The van der Waals surface area contributed by atoms with Gasteiger partial charge in [0.2, 0.25) is 5.91 Å². The molecule has 2 aromatic rings. The van der Waals surface area contributed by atoms with Gasteiger partial charge >= 0.3 is 0 Å². The number of piperazine rings is 1. The largest absolute Gasteiger partial charge is 0.369 e. The molecule has 0 aliphatic carbocycles. The van der Waals surface area contributed by atoms with E-state index in [1.165, 1.54) is 0 Å². The molecule has 3 saturated heterocycles. The fourth-order valence-corrected chi connectivity index (χ4v) is 5.37. The Labute approximate surface area is 199 Å². The summed E-state index contributed by atoms with van der Waals surface area (Å²) in [5, 5.41) is 1.72. The molecular weight excluding hydrogens is 438 g/mol. The average molecular weight is 471 g/mol. The number of hydrogen-bond donors (Lipinski definition) is 3. The van der Waals surface area contributed by atoms with Crippen molar-refractivity contribution in [2.24, 2.45) is 0 Å². The van der Waals surface area contributed by atoms with Gasteiger partial charge in [-0.1, -0.05) is 30.3 Å². The first kappa shape index (κ1) is 23.2. The molecule has 0 radical (unpaired) electrons. The van der Waals surface area contributed by atoms with Crippen molar-refractivity contribution < 1.29 is 13.6 Å². The highest BCUT2D eigenvalue weighted by Gasteiger charge is 2.44. The second kappa shape index (κ2) is 9.58. The van der Waals surface area contributed by atoms with E-state index in [0.717, 1.165) is 41.2 Å². The molecule has 3 aliphatic rings. The number of aryl methyl sites for hydroxylation is 2. The third kappa shape index (κ3) is 4.53. The minimum absolute atomic E-state index is 0.000614. The molecular formula is C25H32F2N6O. The van der Waals surface area contributed by atoms with Crippen LogP contribution in [-0.4, -0.2) is 62.0 Å². The van der Waals surface area contributed by atoms with E-state index in [2.05, 4.69) is 45.4 Å². The molecule has 0 spiro atoms. The van der Waals surface area contributed by atoms with Crippen LogP contribution in [0.2, 0.25) is 0 Å². The molecule has 7 nitrogen and oxygen atoms in total. The van der Waals surface area contributed by atoms with Crippen LogP contribution in [0.5, 0.6) is 0 Å². The number of anilines is 2. The molecule has 0 aromatic heterocycles. The number of nitrogens with one attached hydrogen (secondary N) is 3. The summed E-state index contributed by atoms with van der Waals surface area (Å²) in [7, 11) is 0. The van der Waals surface area contributed by atoms with Gasteiger partial charge in [-0.05, 0) is 42.7 Å². The van der Waals surface area contributed by atoms with Crippen molar-refractivity contribution in [3.05, 3.63) is 59.2 Å². The zero-order chi connectivity index (χ0) is 23.8. The van der Waals surface area contributed by atoms with Crippen LogP contribution in [-0.2, 0) is 4.79 Å². The Morgan fingerprint density at radius 2 is 1.65 bits per heavy atom. The number of hydrazine groups is 2. The summed E-state index contributed by atoms with van der Waals surface area (Å²) < 4.78 is 25.3. The molecule has 3 unspecified atom stereocenters. The summed E-state index contributed by atoms with van der Waals surface area (Å²) in [6.45, 7) is 6.69. The van der Waals surface area contributed by atoms with Crippen LogP contribution in [0, 0.1) is 13.8 Å². The average Bonchev–Trinajstić information content (AvgIpc) is 3.22. The molecule has 3 N–H and O–H groups in total. The third-order valence-electron chi connectivity index (χ3n) is 7.19. The zero-order valence-electron chi connectivity index (χ0n) is 19.6. The summed E-state index contributed by atoms with van der Waals surface area (Å²) in [6.07, 6.45) is -1.87. The van der Waals surface area contributed by atoms with Gasteiger partial charge < -0.3 is 4.90 Å². The van der Waals surface area contributed by atoms with E-state index in [0.29, 0.717) is 19.5 Å². The number of carbonyl (C=O) groups is 1. The predicted octanol–water partition coefficient (Wildman–Crippen LogP) is 2.52. The highest BCUT2D eigenvalue weighted by atomic mass is 19.3. The lowest BCUT2D eigenvalue weighted by Gasteiger charge is -2.38. The van der Waals surface area contributed by atoms with Gasteiger partial charge in [0.25, 0.3) is 6.43 Å². The maximum Gasteiger partial charge on any atom is 0.251 e. The maximum absolute atomic E-state index is 12.9. The summed E-state index contributed by atoms with van der Waals surface area (Å²) in [6, 6.07) is 14.5. The van der Waals surface area contributed by atoms with E-state index in [1.807, 2.05) is 36.9 Å². The SMILES string of the molecule is Cc1cccc(C)c1N1NC2C(CC1=O)NNC2c1ccc(N2CCN(CC(F)F)CC2)cc1. The van der Waals surface area contributed by atoms with Crippen LogP contribution in [0.15, 0.2) is 42.5 Å². The lowest BCUT2D eigenvalue weighted by atomic mass is 9.93. The second-order valence-electron chi connectivity index (χ2n) is 9.47. The lowest BCUT2D eigenvalue weighted by molar-refractivity contribution is -0.121. The van der Waals surface area contributed by atoms with E-state index in [4.69, 9.17) is 0 Å². The van der Waals surface area contributed by atoms with Gasteiger partial charge in [-0.3, -0.25) is 15.1 Å². The Morgan fingerprint density at radius 1 is 0.971 bits per heavy atom. The first-order chi connectivity index (χ1) is 16.4. The Balaban J connectivity index is 1.28. The normalized spacial score (nSPS) is 25.8.